The van der Waals surface area contributed by atoms with Gasteiger partial charge in [0.15, 0.2) is 5.76 Å². The number of methoxy groups -OCH3 is 1. The lowest BCUT2D eigenvalue weighted by Gasteiger charge is -2.22. The molecule has 0 aliphatic rings. The summed E-state index contributed by atoms with van der Waals surface area (Å²) in [5, 5.41) is 2.53. The Kier molecular flexibility index (Phi) is 5.23. The van der Waals surface area contributed by atoms with Gasteiger partial charge in [0.05, 0.1) is 7.11 Å². The summed E-state index contributed by atoms with van der Waals surface area (Å²) in [6.45, 7) is 3.13. The quantitative estimate of drug-likeness (QED) is 0.821. The van der Waals surface area contributed by atoms with Crippen LogP contribution < -0.4 is 10.1 Å². The third-order valence-corrected chi connectivity index (χ3v) is 3.20. The van der Waals surface area contributed by atoms with Crippen molar-refractivity contribution < 1.29 is 27.9 Å². The Hall–Kier alpha value is -2.83. The van der Waals surface area contributed by atoms with Crippen molar-refractivity contribution in [2.24, 2.45) is 0 Å². The van der Waals surface area contributed by atoms with Crippen LogP contribution in [0.15, 0.2) is 40.8 Å². The van der Waals surface area contributed by atoms with E-state index in [0.29, 0.717) is 11.5 Å². The fourth-order valence-corrected chi connectivity index (χ4v) is 1.91. The molecule has 0 aliphatic heterocycles. The first-order chi connectivity index (χ1) is 11.3. The van der Waals surface area contributed by atoms with Crippen LogP contribution in [0.2, 0.25) is 0 Å². The Morgan fingerprint density at radius 3 is 2.46 bits per heavy atom. The summed E-state index contributed by atoms with van der Waals surface area (Å²) >= 11 is 0. The zero-order valence-corrected chi connectivity index (χ0v) is 13.6. The number of benzene rings is 1. The molecule has 0 aliphatic carbocycles. The molecule has 6 nitrogen and oxygen atoms in total. The second-order valence-electron chi connectivity index (χ2n) is 5.58. The van der Waals surface area contributed by atoms with Gasteiger partial charge in [0.1, 0.15) is 29.5 Å². The Balaban J connectivity index is 1.96. The van der Waals surface area contributed by atoms with Gasteiger partial charge < -0.3 is 19.2 Å². The van der Waals surface area contributed by atoms with Crippen molar-refractivity contribution in [1.29, 1.82) is 0 Å². The first-order valence-electron chi connectivity index (χ1n) is 7.20. The number of rotatable bonds is 6. The van der Waals surface area contributed by atoms with E-state index in [-0.39, 0.29) is 18.2 Å². The molecule has 2 rings (SSSR count). The fraction of sp³-hybridized carbons (Fsp3) is 0.294. The van der Waals surface area contributed by atoms with Gasteiger partial charge in [-0.25, -0.2) is 9.18 Å². The Morgan fingerprint density at radius 2 is 1.83 bits per heavy atom. The average Bonchev–Trinajstić information content (AvgIpc) is 3.02. The summed E-state index contributed by atoms with van der Waals surface area (Å²) in [6.07, 6.45) is 0. The van der Waals surface area contributed by atoms with Crippen molar-refractivity contribution in [3.63, 3.8) is 0 Å². The third kappa shape index (κ3) is 4.34. The minimum absolute atomic E-state index is 0.0460. The molecule has 0 saturated heterocycles. The van der Waals surface area contributed by atoms with Crippen molar-refractivity contribution in [2.75, 3.05) is 7.11 Å². The lowest BCUT2D eigenvalue weighted by Crippen LogP contribution is -2.50. The summed E-state index contributed by atoms with van der Waals surface area (Å²) in [4.78, 5) is 23.7. The number of hydrogen-bond acceptors (Lipinski definition) is 5. The Labute approximate surface area is 138 Å². The van der Waals surface area contributed by atoms with Crippen LogP contribution in [-0.4, -0.2) is 24.5 Å². The number of furan rings is 1. The number of ether oxygens (including phenoxy) is 2. The van der Waals surface area contributed by atoms with Crippen LogP contribution >= 0.6 is 0 Å². The molecule has 7 heteroatoms. The van der Waals surface area contributed by atoms with Gasteiger partial charge in [-0.05, 0) is 50.2 Å². The molecular formula is C17H18FNO5. The minimum atomic E-state index is -1.18. The topological polar surface area (TPSA) is 77.8 Å². The number of nitrogens with one attached hydrogen (secondary N) is 1. The second-order valence-corrected chi connectivity index (χ2v) is 5.58. The van der Waals surface area contributed by atoms with Crippen LogP contribution in [0.5, 0.6) is 5.75 Å². The van der Waals surface area contributed by atoms with E-state index < -0.39 is 17.4 Å². The summed E-state index contributed by atoms with van der Waals surface area (Å²) in [5.41, 5.74) is -1.18. The van der Waals surface area contributed by atoms with Gasteiger partial charge >= 0.3 is 5.97 Å². The maximum Gasteiger partial charge on any atom is 0.330 e. The van der Waals surface area contributed by atoms with Crippen molar-refractivity contribution in [1.82, 2.24) is 5.32 Å². The predicted octanol–water partition coefficient (Wildman–Crippen LogP) is 2.68. The highest BCUT2D eigenvalue weighted by Crippen LogP contribution is 2.16. The van der Waals surface area contributed by atoms with Crippen molar-refractivity contribution in [2.45, 2.75) is 26.0 Å². The molecule has 128 valence electrons. The van der Waals surface area contributed by atoms with Crippen LogP contribution in [0, 0.1) is 5.82 Å². The molecule has 1 amide bonds. The van der Waals surface area contributed by atoms with Gasteiger partial charge in [0.2, 0.25) is 0 Å². The molecule has 0 unspecified atom stereocenters. The highest BCUT2D eigenvalue weighted by atomic mass is 19.1. The van der Waals surface area contributed by atoms with E-state index in [2.05, 4.69) is 10.1 Å². The second kappa shape index (κ2) is 7.16. The number of esters is 1. The minimum Gasteiger partial charge on any atom is -0.486 e. The van der Waals surface area contributed by atoms with E-state index in [1.54, 1.807) is 6.07 Å². The maximum atomic E-state index is 12.8. The molecule has 0 fully saturated rings. The number of carbonyl (C=O) groups is 2. The molecule has 0 saturated carbocycles. The van der Waals surface area contributed by atoms with E-state index in [1.165, 1.54) is 51.3 Å². The molecule has 0 spiro atoms. The zero-order chi connectivity index (χ0) is 17.7. The molecule has 24 heavy (non-hydrogen) atoms. The SMILES string of the molecule is COC(=O)C(C)(C)NC(=O)c1ccc(COc2ccc(F)cc2)o1. The van der Waals surface area contributed by atoms with Crippen LogP contribution in [0.1, 0.15) is 30.2 Å². The number of halogens is 1. The largest absolute Gasteiger partial charge is 0.486 e. The molecule has 1 aromatic carbocycles. The number of amides is 1. The highest BCUT2D eigenvalue weighted by molar-refractivity contribution is 5.95. The van der Waals surface area contributed by atoms with Gasteiger partial charge in [0.25, 0.3) is 5.91 Å². The molecule has 0 radical (unpaired) electrons. The molecule has 1 aromatic heterocycles. The normalized spacial score (nSPS) is 11.0. The van der Waals surface area contributed by atoms with E-state index in [4.69, 9.17) is 9.15 Å². The molecule has 1 N–H and O–H groups in total. The van der Waals surface area contributed by atoms with Gasteiger partial charge in [-0.3, -0.25) is 4.79 Å². The van der Waals surface area contributed by atoms with E-state index in [0.717, 1.165) is 0 Å². The summed E-state index contributed by atoms with van der Waals surface area (Å²) < 4.78 is 28.2. The predicted molar refractivity (Wildman–Crippen MR) is 83.0 cm³/mol. The zero-order valence-electron chi connectivity index (χ0n) is 13.6. The highest BCUT2D eigenvalue weighted by Gasteiger charge is 2.31. The van der Waals surface area contributed by atoms with Crippen LogP contribution in [0.25, 0.3) is 0 Å². The maximum absolute atomic E-state index is 12.8. The Morgan fingerprint density at radius 1 is 1.17 bits per heavy atom. The van der Waals surface area contributed by atoms with Crippen molar-refractivity contribution in [3.05, 3.63) is 53.7 Å². The molecule has 0 bridgehead atoms. The van der Waals surface area contributed by atoms with Gasteiger partial charge in [-0.2, -0.15) is 0 Å². The van der Waals surface area contributed by atoms with Gasteiger partial charge in [0, 0.05) is 0 Å². The number of carbonyl (C=O) groups excluding carboxylic acids is 2. The van der Waals surface area contributed by atoms with Gasteiger partial charge in [-0.15, -0.1) is 0 Å². The van der Waals surface area contributed by atoms with E-state index in [9.17, 15) is 14.0 Å². The first-order valence-corrected chi connectivity index (χ1v) is 7.20. The lowest BCUT2D eigenvalue weighted by molar-refractivity contribution is -0.146. The summed E-state index contributed by atoms with van der Waals surface area (Å²) in [5.74, 6) is -0.524. The third-order valence-electron chi connectivity index (χ3n) is 3.20. The first kappa shape index (κ1) is 17.5. The van der Waals surface area contributed by atoms with Crippen molar-refractivity contribution in [3.8, 4) is 5.75 Å². The average molecular weight is 335 g/mol. The van der Waals surface area contributed by atoms with Crippen LogP contribution in [-0.2, 0) is 16.1 Å². The molecule has 2 aromatic rings. The number of hydrogen-bond donors (Lipinski definition) is 1. The van der Waals surface area contributed by atoms with E-state index in [1.807, 2.05) is 0 Å². The smallest absolute Gasteiger partial charge is 0.330 e. The molecular weight excluding hydrogens is 317 g/mol. The summed E-state index contributed by atoms with van der Waals surface area (Å²) in [7, 11) is 1.24. The monoisotopic (exact) mass is 335 g/mol. The Bertz CT molecular complexity index is 721. The lowest BCUT2D eigenvalue weighted by atomic mass is 10.1. The van der Waals surface area contributed by atoms with Crippen molar-refractivity contribution >= 4 is 11.9 Å². The molecule has 0 atom stereocenters. The van der Waals surface area contributed by atoms with Gasteiger partial charge in [-0.1, -0.05) is 0 Å². The summed E-state index contributed by atoms with van der Waals surface area (Å²) in [6, 6.07) is 8.61. The fourth-order valence-electron chi connectivity index (χ4n) is 1.91. The molecule has 1 heterocycles. The van der Waals surface area contributed by atoms with Crippen LogP contribution in [0.3, 0.4) is 0 Å². The standard InChI is InChI=1S/C17H18FNO5/c1-17(2,16(21)22-3)19-15(20)14-9-8-13(24-14)10-23-12-6-4-11(18)5-7-12/h4-9H,10H2,1-3H3,(H,19,20). The van der Waals surface area contributed by atoms with Crippen LogP contribution in [0.4, 0.5) is 4.39 Å². The van der Waals surface area contributed by atoms with E-state index >= 15 is 0 Å².